The van der Waals surface area contributed by atoms with E-state index in [0.717, 1.165) is 64.9 Å². The Kier molecular flexibility index (Phi) is 21.4. The first-order valence-corrected chi connectivity index (χ1v) is 33.4. The molecule has 0 heterocycles. The SMILES string of the molecule is C=CC(=O)Oc1ccc2cc(/C=C\c3ccc4ccccc4c3)ccc2c1.O=C(CCSc1ccccc1)Oc1ccc2cc(/C=C/c3ccc4ccccc4c3)ccc2c1.O=C(CCSc1ccccc1)Oc1ccc2cc(/C=C\c3ccc4ccccc4c3)ccc2c1. The molecule has 0 aliphatic carbocycles. The van der Waals surface area contributed by atoms with Gasteiger partial charge in [-0.05, 0) is 195 Å². The van der Waals surface area contributed by atoms with Gasteiger partial charge in [0.1, 0.15) is 17.2 Å². The van der Waals surface area contributed by atoms with Crippen LogP contribution in [0.1, 0.15) is 46.2 Å². The third-order valence-corrected chi connectivity index (χ3v) is 17.7. The van der Waals surface area contributed by atoms with Gasteiger partial charge in [0.05, 0.1) is 12.8 Å². The first kappa shape index (κ1) is 63.8. The molecule has 462 valence electrons. The van der Waals surface area contributed by atoms with Crippen LogP contribution >= 0.6 is 23.5 Å². The van der Waals surface area contributed by atoms with Crippen LogP contribution in [0.25, 0.3) is 101 Å². The standard InChI is InChI=1S/2C31H24O2S.C25H18O2/c2*32-31(18-19-34-30-8-2-1-3-9-30)33-29-17-16-27-21-24(13-15-28(27)22-29)11-10-23-12-14-25-6-4-5-7-26(25)20-23;1-2-25(26)27-24-14-13-22-16-19(10-12-23(22)17-24)8-7-18-9-11-20-5-3-4-6-21(20)15-18/h2*1-17,20-22H,18-19H2;2-17H,1H2/b11-10+;11-10-;8-7-. The lowest BCUT2D eigenvalue weighted by atomic mass is 10.0. The molecule has 0 bridgehead atoms. The van der Waals surface area contributed by atoms with Crippen LogP contribution in [0, 0.1) is 0 Å². The Balaban J connectivity index is 0.000000138. The highest BCUT2D eigenvalue weighted by molar-refractivity contribution is 7.99. The number of rotatable bonds is 18. The third kappa shape index (κ3) is 18.3. The van der Waals surface area contributed by atoms with Gasteiger partial charge in [-0.2, -0.15) is 0 Å². The van der Waals surface area contributed by atoms with Gasteiger partial charge in [0.25, 0.3) is 0 Å². The maximum atomic E-state index is 12.2. The molecule has 95 heavy (non-hydrogen) atoms. The molecule has 0 spiro atoms. The zero-order valence-electron chi connectivity index (χ0n) is 52.1. The number of esters is 3. The molecule has 0 atom stereocenters. The highest BCUT2D eigenvalue weighted by Crippen LogP contribution is 2.29. The Hall–Kier alpha value is -11.3. The molecular weight excluding hydrogens is 1210 g/mol. The van der Waals surface area contributed by atoms with Crippen LogP contribution in [0.5, 0.6) is 17.2 Å². The van der Waals surface area contributed by atoms with Crippen molar-refractivity contribution in [3.63, 3.8) is 0 Å². The summed E-state index contributed by atoms with van der Waals surface area (Å²) in [5.41, 5.74) is 6.89. The molecule has 0 fully saturated rings. The number of carbonyl (C=O) groups is 3. The van der Waals surface area contributed by atoms with Gasteiger partial charge in [0.15, 0.2) is 0 Å². The Bertz CT molecular complexity index is 4920. The molecular formula is C87H66O6S2. The number of thioether (sulfide) groups is 2. The predicted molar refractivity (Wildman–Crippen MR) is 401 cm³/mol. The summed E-state index contributed by atoms with van der Waals surface area (Å²) >= 11 is 3.32. The monoisotopic (exact) mass is 1270 g/mol. The van der Waals surface area contributed by atoms with Crippen molar-refractivity contribution in [2.24, 2.45) is 0 Å². The summed E-state index contributed by atoms with van der Waals surface area (Å²) in [6.07, 6.45) is 14.7. The summed E-state index contributed by atoms with van der Waals surface area (Å²) in [4.78, 5) is 38.1. The van der Waals surface area contributed by atoms with Crippen molar-refractivity contribution in [1.82, 2.24) is 0 Å². The molecule has 0 amide bonds. The number of benzene rings is 14. The van der Waals surface area contributed by atoms with E-state index in [1.807, 2.05) is 115 Å². The van der Waals surface area contributed by atoms with Crippen LogP contribution in [0.2, 0.25) is 0 Å². The maximum Gasteiger partial charge on any atom is 0.335 e. The van der Waals surface area contributed by atoms with E-state index in [2.05, 4.69) is 219 Å². The van der Waals surface area contributed by atoms with Gasteiger partial charge < -0.3 is 14.2 Å². The summed E-state index contributed by atoms with van der Waals surface area (Å²) in [5, 5.41) is 13.9. The van der Waals surface area contributed by atoms with Crippen LogP contribution in [-0.4, -0.2) is 29.4 Å². The zero-order chi connectivity index (χ0) is 65.0. The lowest BCUT2D eigenvalue weighted by Gasteiger charge is -2.07. The molecule has 14 rings (SSSR count). The van der Waals surface area contributed by atoms with Gasteiger partial charge in [-0.25, -0.2) is 4.79 Å². The second-order valence-corrected chi connectivity index (χ2v) is 24.9. The second kappa shape index (κ2) is 31.8. The Morgan fingerprint density at radius 2 is 0.516 bits per heavy atom. The van der Waals surface area contributed by atoms with Gasteiger partial charge >= 0.3 is 17.9 Å². The Labute approximate surface area is 562 Å². The topological polar surface area (TPSA) is 78.9 Å². The fraction of sp³-hybridized carbons (Fsp3) is 0.0460. The van der Waals surface area contributed by atoms with E-state index in [0.29, 0.717) is 41.6 Å². The van der Waals surface area contributed by atoms with Crippen LogP contribution in [0.3, 0.4) is 0 Å². The Morgan fingerprint density at radius 3 is 0.821 bits per heavy atom. The first-order chi connectivity index (χ1) is 46.7. The van der Waals surface area contributed by atoms with Crippen LogP contribution in [0.4, 0.5) is 0 Å². The molecule has 0 saturated carbocycles. The Morgan fingerprint density at radius 1 is 0.274 bits per heavy atom. The quantitative estimate of drug-likeness (QED) is 0.0276. The van der Waals surface area contributed by atoms with Gasteiger partial charge in [0, 0.05) is 27.4 Å². The fourth-order valence-electron chi connectivity index (χ4n) is 10.8. The van der Waals surface area contributed by atoms with Crippen molar-refractivity contribution in [2.45, 2.75) is 22.6 Å². The van der Waals surface area contributed by atoms with Gasteiger partial charge in [-0.15, -0.1) is 23.5 Å². The van der Waals surface area contributed by atoms with Crippen LogP contribution in [-0.2, 0) is 14.4 Å². The third-order valence-electron chi connectivity index (χ3n) is 15.7. The molecule has 0 unspecified atom stereocenters. The van der Waals surface area contributed by atoms with E-state index in [1.54, 1.807) is 29.6 Å². The number of hydrogen-bond acceptors (Lipinski definition) is 8. The van der Waals surface area contributed by atoms with E-state index in [4.69, 9.17) is 14.2 Å². The average molecular weight is 1270 g/mol. The normalized spacial score (nSPS) is 11.2. The van der Waals surface area contributed by atoms with E-state index in [1.165, 1.54) is 49.0 Å². The summed E-state index contributed by atoms with van der Waals surface area (Å²) in [6, 6.07) is 101. The highest BCUT2D eigenvalue weighted by atomic mass is 32.2. The van der Waals surface area contributed by atoms with Crippen molar-refractivity contribution in [3.05, 3.63) is 343 Å². The zero-order valence-corrected chi connectivity index (χ0v) is 53.8. The van der Waals surface area contributed by atoms with E-state index in [9.17, 15) is 14.4 Å². The number of hydrogen-bond donors (Lipinski definition) is 0. The van der Waals surface area contributed by atoms with Gasteiger partial charge in [-0.1, -0.05) is 243 Å². The van der Waals surface area contributed by atoms with Gasteiger partial charge in [-0.3, -0.25) is 9.59 Å². The molecule has 14 aromatic carbocycles. The molecule has 0 N–H and O–H groups in total. The van der Waals surface area contributed by atoms with Crippen molar-refractivity contribution in [3.8, 4) is 17.2 Å². The highest BCUT2D eigenvalue weighted by Gasteiger charge is 2.10. The smallest absolute Gasteiger partial charge is 0.335 e. The second-order valence-electron chi connectivity index (χ2n) is 22.5. The molecule has 0 aromatic heterocycles. The van der Waals surface area contributed by atoms with Crippen molar-refractivity contribution >= 4 is 143 Å². The maximum absolute atomic E-state index is 12.2. The minimum Gasteiger partial charge on any atom is -0.426 e. The molecule has 0 saturated heterocycles. The fourth-order valence-corrected chi connectivity index (χ4v) is 12.5. The van der Waals surface area contributed by atoms with Crippen molar-refractivity contribution in [2.75, 3.05) is 11.5 Å². The van der Waals surface area contributed by atoms with Crippen LogP contribution in [0.15, 0.2) is 320 Å². The number of carbonyl (C=O) groups excluding carboxylic acids is 3. The first-order valence-electron chi connectivity index (χ1n) is 31.4. The minimum absolute atomic E-state index is 0.210. The summed E-state index contributed by atoms with van der Waals surface area (Å²) in [7, 11) is 0. The van der Waals surface area contributed by atoms with Crippen molar-refractivity contribution < 1.29 is 28.6 Å². The van der Waals surface area contributed by atoms with Crippen LogP contribution < -0.4 is 14.2 Å². The lowest BCUT2D eigenvalue weighted by Crippen LogP contribution is -2.08. The van der Waals surface area contributed by atoms with E-state index in [-0.39, 0.29) is 11.9 Å². The van der Waals surface area contributed by atoms with Gasteiger partial charge in [0.2, 0.25) is 0 Å². The average Bonchev–Trinajstić information content (AvgIpc) is 1.01. The summed E-state index contributed by atoms with van der Waals surface area (Å²) in [5.74, 6) is 2.21. The lowest BCUT2D eigenvalue weighted by molar-refractivity contribution is -0.134. The predicted octanol–water partition coefficient (Wildman–Crippen LogP) is 22.8. The molecule has 0 radical (unpaired) electrons. The molecule has 0 aliphatic rings. The summed E-state index contributed by atoms with van der Waals surface area (Å²) < 4.78 is 16.3. The molecule has 0 aliphatic heterocycles. The van der Waals surface area contributed by atoms with E-state index < -0.39 is 5.97 Å². The number of ether oxygens (including phenoxy) is 3. The van der Waals surface area contributed by atoms with E-state index >= 15 is 0 Å². The molecule has 6 nitrogen and oxygen atoms in total. The molecule has 8 heteroatoms. The minimum atomic E-state index is -0.454. The van der Waals surface area contributed by atoms with Crippen molar-refractivity contribution in [1.29, 1.82) is 0 Å². The largest absolute Gasteiger partial charge is 0.426 e. The molecule has 14 aromatic rings. The number of fused-ring (bicyclic) bond motifs is 6. The summed E-state index contributed by atoms with van der Waals surface area (Å²) in [6.45, 7) is 3.41.